The van der Waals surface area contributed by atoms with Crippen LogP contribution in [0.3, 0.4) is 0 Å². The molecule has 1 rings (SSSR count). The number of thioether (sulfide) groups is 1. The van der Waals surface area contributed by atoms with Crippen molar-refractivity contribution >= 4 is 35.2 Å². The number of carboxylic acid groups (broad SMARTS) is 1. The van der Waals surface area contributed by atoms with Gasteiger partial charge >= 0.3 is 5.97 Å². The van der Waals surface area contributed by atoms with Crippen LogP contribution in [0.5, 0.6) is 0 Å². The molecule has 0 spiro atoms. The second-order valence-corrected chi connectivity index (χ2v) is 5.14. The summed E-state index contributed by atoms with van der Waals surface area (Å²) in [4.78, 5) is 22.8. The zero-order chi connectivity index (χ0) is 14.4. The van der Waals surface area contributed by atoms with Crippen LogP contribution in [0.4, 0.5) is 4.39 Å². The lowest BCUT2D eigenvalue weighted by Crippen LogP contribution is -2.41. The molecule has 7 heteroatoms. The Balaban J connectivity index is 2.82. The minimum absolute atomic E-state index is 0.177. The number of hydrogen-bond acceptors (Lipinski definition) is 3. The molecule has 1 aromatic carbocycles. The summed E-state index contributed by atoms with van der Waals surface area (Å²) in [6.07, 6.45) is 2.10. The van der Waals surface area contributed by atoms with E-state index in [9.17, 15) is 14.0 Å². The Kier molecular flexibility index (Phi) is 6.11. The fourth-order valence-electron chi connectivity index (χ4n) is 1.41. The number of nitrogens with one attached hydrogen (secondary N) is 1. The summed E-state index contributed by atoms with van der Waals surface area (Å²) in [5, 5.41) is 11.1. The zero-order valence-corrected chi connectivity index (χ0v) is 11.7. The summed E-state index contributed by atoms with van der Waals surface area (Å²) in [5.41, 5.74) is -0.261. The number of amides is 1. The zero-order valence-electron chi connectivity index (χ0n) is 10.2. The van der Waals surface area contributed by atoms with E-state index in [-0.39, 0.29) is 17.0 Å². The van der Waals surface area contributed by atoms with Crippen molar-refractivity contribution in [1.82, 2.24) is 5.32 Å². The van der Waals surface area contributed by atoms with Gasteiger partial charge in [0.05, 0.1) is 10.6 Å². The standard InChI is InChI=1S/C12H13ClFNO3S/c1-19-6-5-9(12(17)18)15-11(16)7-3-2-4-8(13)10(7)14/h2-4,9H,5-6H2,1H3,(H,15,16)(H,17,18). The Hall–Kier alpha value is -1.27. The fourth-order valence-corrected chi connectivity index (χ4v) is 2.05. The quantitative estimate of drug-likeness (QED) is 0.847. The third-order valence-electron chi connectivity index (χ3n) is 2.41. The molecule has 1 aromatic rings. The van der Waals surface area contributed by atoms with E-state index in [4.69, 9.17) is 16.7 Å². The molecule has 4 nitrogen and oxygen atoms in total. The van der Waals surface area contributed by atoms with Crippen LogP contribution in [0.2, 0.25) is 5.02 Å². The molecule has 104 valence electrons. The lowest BCUT2D eigenvalue weighted by Gasteiger charge is -2.14. The van der Waals surface area contributed by atoms with Gasteiger partial charge in [0.25, 0.3) is 5.91 Å². The van der Waals surface area contributed by atoms with Crippen molar-refractivity contribution in [3.8, 4) is 0 Å². The number of carboxylic acids is 1. The molecule has 2 N–H and O–H groups in total. The average Bonchev–Trinajstić information content (AvgIpc) is 2.37. The molecule has 0 aromatic heterocycles. The molecule has 0 radical (unpaired) electrons. The molecule has 0 aliphatic heterocycles. The summed E-state index contributed by atoms with van der Waals surface area (Å²) in [7, 11) is 0. The second-order valence-electron chi connectivity index (χ2n) is 3.75. The van der Waals surface area contributed by atoms with Crippen LogP contribution in [-0.4, -0.2) is 35.0 Å². The molecule has 0 heterocycles. The Morgan fingerprint density at radius 2 is 2.21 bits per heavy atom. The largest absolute Gasteiger partial charge is 0.480 e. The number of carbonyl (C=O) groups excluding carboxylic acids is 1. The molecule has 0 aliphatic carbocycles. The summed E-state index contributed by atoms with van der Waals surface area (Å²) in [6, 6.07) is 2.95. The first kappa shape index (κ1) is 15.8. The van der Waals surface area contributed by atoms with Gasteiger partial charge in [0.2, 0.25) is 0 Å². The molecule has 0 saturated carbocycles. The SMILES string of the molecule is CSCCC(NC(=O)c1cccc(Cl)c1F)C(=O)O. The van der Waals surface area contributed by atoms with Gasteiger partial charge in [-0.3, -0.25) is 4.79 Å². The monoisotopic (exact) mass is 305 g/mol. The van der Waals surface area contributed by atoms with Crippen molar-refractivity contribution in [1.29, 1.82) is 0 Å². The second kappa shape index (κ2) is 7.35. The van der Waals surface area contributed by atoms with E-state index in [1.54, 1.807) is 0 Å². The van der Waals surface area contributed by atoms with E-state index in [0.29, 0.717) is 5.75 Å². The van der Waals surface area contributed by atoms with E-state index in [1.807, 2.05) is 6.26 Å². The van der Waals surface area contributed by atoms with Crippen molar-refractivity contribution in [3.05, 3.63) is 34.6 Å². The lowest BCUT2D eigenvalue weighted by atomic mass is 10.1. The molecule has 0 saturated heterocycles. The number of carbonyl (C=O) groups is 2. The first-order valence-corrected chi connectivity index (χ1v) is 7.21. The average molecular weight is 306 g/mol. The lowest BCUT2D eigenvalue weighted by molar-refractivity contribution is -0.139. The first-order chi connectivity index (χ1) is 8.97. The highest BCUT2D eigenvalue weighted by molar-refractivity contribution is 7.98. The Labute approximate surface area is 119 Å². The number of benzene rings is 1. The highest BCUT2D eigenvalue weighted by Crippen LogP contribution is 2.18. The van der Waals surface area contributed by atoms with Gasteiger partial charge < -0.3 is 10.4 Å². The number of rotatable bonds is 6. The van der Waals surface area contributed by atoms with Crippen molar-refractivity contribution in [2.45, 2.75) is 12.5 Å². The third-order valence-corrected chi connectivity index (χ3v) is 3.35. The van der Waals surface area contributed by atoms with Gasteiger partial charge in [0, 0.05) is 0 Å². The molecule has 1 amide bonds. The van der Waals surface area contributed by atoms with Crippen molar-refractivity contribution in [2.75, 3.05) is 12.0 Å². The van der Waals surface area contributed by atoms with E-state index in [1.165, 1.54) is 30.0 Å². The van der Waals surface area contributed by atoms with Crippen LogP contribution in [0.1, 0.15) is 16.8 Å². The number of halogens is 2. The van der Waals surface area contributed by atoms with Crippen LogP contribution in [0.25, 0.3) is 0 Å². The first-order valence-electron chi connectivity index (χ1n) is 5.44. The number of hydrogen-bond donors (Lipinski definition) is 2. The van der Waals surface area contributed by atoms with Gasteiger partial charge in [-0.25, -0.2) is 9.18 Å². The molecular weight excluding hydrogens is 293 g/mol. The van der Waals surface area contributed by atoms with Crippen LogP contribution in [-0.2, 0) is 4.79 Å². The summed E-state index contributed by atoms with van der Waals surface area (Å²) < 4.78 is 13.6. The summed E-state index contributed by atoms with van der Waals surface area (Å²) >= 11 is 7.03. The van der Waals surface area contributed by atoms with Crippen LogP contribution in [0.15, 0.2) is 18.2 Å². The molecule has 0 aliphatic rings. The predicted molar refractivity (Wildman–Crippen MR) is 73.3 cm³/mol. The molecule has 19 heavy (non-hydrogen) atoms. The molecular formula is C12H13ClFNO3S. The highest BCUT2D eigenvalue weighted by Gasteiger charge is 2.22. The fraction of sp³-hybridized carbons (Fsp3) is 0.333. The maximum Gasteiger partial charge on any atom is 0.326 e. The number of aliphatic carboxylic acids is 1. The smallest absolute Gasteiger partial charge is 0.326 e. The topological polar surface area (TPSA) is 66.4 Å². The maximum absolute atomic E-state index is 13.6. The van der Waals surface area contributed by atoms with Gasteiger partial charge in [-0.1, -0.05) is 17.7 Å². The minimum atomic E-state index is -1.15. The maximum atomic E-state index is 13.6. The van der Waals surface area contributed by atoms with E-state index >= 15 is 0 Å². The molecule has 0 bridgehead atoms. The van der Waals surface area contributed by atoms with Gasteiger partial charge in [-0.05, 0) is 30.6 Å². The summed E-state index contributed by atoms with van der Waals surface area (Å²) in [5.74, 6) is -2.20. The Morgan fingerprint density at radius 1 is 1.53 bits per heavy atom. The van der Waals surface area contributed by atoms with E-state index in [2.05, 4.69) is 5.32 Å². The van der Waals surface area contributed by atoms with Crippen LogP contribution >= 0.6 is 23.4 Å². The van der Waals surface area contributed by atoms with E-state index in [0.717, 1.165) is 0 Å². The molecule has 1 unspecified atom stereocenters. The van der Waals surface area contributed by atoms with Crippen molar-refractivity contribution < 1.29 is 19.1 Å². The van der Waals surface area contributed by atoms with E-state index < -0.39 is 23.7 Å². The van der Waals surface area contributed by atoms with Crippen LogP contribution in [0, 0.1) is 5.82 Å². The summed E-state index contributed by atoms with van der Waals surface area (Å²) in [6.45, 7) is 0. The molecule has 1 atom stereocenters. The van der Waals surface area contributed by atoms with Gasteiger partial charge in [0.1, 0.15) is 6.04 Å². The van der Waals surface area contributed by atoms with Gasteiger partial charge in [-0.2, -0.15) is 11.8 Å². The van der Waals surface area contributed by atoms with Crippen LogP contribution < -0.4 is 5.32 Å². The third kappa shape index (κ3) is 4.40. The van der Waals surface area contributed by atoms with Gasteiger partial charge in [0.15, 0.2) is 5.82 Å². The Morgan fingerprint density at radius 3 is 2.79 bits per heavy atom. The minimum Gasteiger partial charge on any atom is -0.480 e. The Bertz CT molecular complexity index is 484. The van der Waals surface area contributed by atoms with Crippen molar-refractivity contribution in [3.63, 3.8) is 0 Å². The highest BCUT2D eigenvalue weighted by atomic mass is 35.5. The van der Waals surface area contributed by atoms with Gasteiger partial charge in [-0.15, -0.1) is 0 Å². The molecule has 0 fully saturated rings. The van der Waals surface area contributed by atoms with Crippen molar-refractivity contribution in [2.24, 2.45) is 0 Å². The predicted octanol–water partition coefficient (Wildman–Crippen LogP) is 2.42. The normalized spacial score (nSPS) is 11.9.